The molecule has 0 aliphatic heterocycles. The summed E-state index contributed by atoms with van der Waals surface area (Å²) in [6.45, 7) is 4.78. The van der Waals surface area contributed by atoms with Crippen LogP contribution in [0.2, 0.25) is 0 Å². The zero-order chi connectivity index (χ0) is 17.5. The highest BCUT2D eigenvalue weighted by Gasteiger charge is 2.11. The van der Waals surface area contributed by atoms with E-state index in [0.717, 1.165) is 15.2 Å². The number of para-hydroxylation sites is 1. The zero-order valence-electron chi connectivity index (χ0n) is 14.3. The van der Waals surface area contributed by atoms with Crippen LogP contribution in [0.3, 0.4) is 0 Å². The predicted molar refractivity (Wildman–Crippen MR) is 97.1 cm³/mol. The summed E-state index contributed by atoms with van der Waals surface area (Å²) in [5.74, 6) is -0.161. The number of hydrogen-bond donors (Lipinski definition) is 2. The average Bonchev–Trinajstić information content (AvgIpc) is 2.88. The normalized spacial score (nSPS) is 11.2. The molecule has 2 rings (SSSR count). The first-order chi connectivity index (χ1) is 11.4. The summed E-state index contributed by atoms with van der Waals surface area (Å²) in [6, 6.07) is 8.11. The third kappa shape index (κ3) is 5.90. The molecular weight excluding hydrogens is 324 g/mol. The van der Waals surface area contributed by atoms with Crippen molar-refractivity contribution in [1.82, 2.24) is 20.5 Å². The number of carbonyl (C=O) groups excluding carboxylic acids is 2. The third-order valence-electron chi connectivity index (χ3n) is 3.28. The Labute approximate surface area is 146 Å². The van der Waals surface area contributed by atoms with Crippen molar-refractivity contribution in [3.05, 3.63) is 29.3 Å². The second-order valence-corrected chi connectivity index (χ2v) is 7.18. The molecule has 0 unspecified atom stereocenters. The van der Waals surface area contributed by atoms with Gasteiger partial charge in [-0.2, -0.15) is 0 Å². The van der Waals surface area contributed by atoms with Gasteiger partial charge in [0.1, 0.15) is 0 Å². The summed E-state index contributed by atoms with van der Waals surface area (Å²) < 4.78 is 1.16. The molecule has 1 heterocycles. The number of thiazole rings is 1. The van der Waals surface area contributed by atoms with Crippen molar-refractivity contribution < 1.29 is 9.59 Å². The summed E-state index contributed by atoms with van der Waals surface area (Å²) in [7, 11) is 1.76. The van der Waals surface area contributed by atoms with E-state index >= 15 is 0 Å². The minimum atomic E-state index is -0.0871. The van der Waals surface area contributed by atoms with Crippen molar-refractivity contribution in [3.63, 3.8) is 0 Å². The monoisotopic (exact) mass is 348 g/mol. The molecule has 0 bridgehead atoms. The Morgan fingerprint density at radius 3 is 2.62 bits per heavy atom. The lowest BCUT2D eigenvalue weighted by Crippen LogP contribution is -2.42. The molecule has 0 fully saturated rings. The van der Waals surface area contributed by atoms with Gasteiger partial charge in [0, 0.05) is 19.0 Å². The molecule has 2 aromatic rings. The molecule has 0 atom stereocenters. The van der Waals surface area contributed by atoms with Crippen LogP contribution in [0.15, 0.2) is 24.3 Å². The number of amides is 2. The van der Waals surface area contributed by atoms with E-state index in [-0.39, 0.29) is 30.9 Å². The molecule has 0 saturated heterocycles. The lowest BCUT2D eigenvalue weighted by molar-refractivity contribution is -0.124. The van der Waals surface area contributed by atoms with Crippen LogP contribution in [0, 0.1) is 0 Å². The van der Waals surface area contributed by atoms with Gasteiger partial charge in [-0.3, -0.25) is 14.5 Å². The topological polar surface area (TPSA) is 74.3 Å². The molecule has 130 valence electrons. The van der Waals surface area contributed by atoms with E-state index in [2.05, 4.69) is 15.6 Å². The summed E-state index contributed by atoms with van der Waals surface area (Å²) in [5, 5.41) is 6.69. The fourth-order valence-electron chi connectivity index (χ4n) is 2.31. The molecule has 2 amide bonds. The van der Waals surface area contributed by atoms with Crippen molar-refractivity contribution in [2.45, 2.75) is 26.3 Å². The van der Waals surface area contributed by atoms with Crippen LogP contribution in [0.25, 0.3) is 10.2 Å². The first-order valence-corrected chi connectivity index (χ1v) is 8.84. The second-order valence-electron chi connectivity index (χ2n) is 6.07. The van der Waals surface area contributed by atoms with Gasteiger partial charge in [-0.15, -0.1) is 11.3 Å². The molecule has 1 aromatic carbocycles. The molecule has 7 heteroatoms. The van der Waals surface area contributed by atoms with Crippen LogP contribution in [0.1, 0.15) is 18.9 Å². The number of nitrogens with one attached hydrogen (secondary N) is 2. The van der Waals surface area contributed by atoms with E-state index < -0.39 is 0 Å². The Balaban J connectivity index is 1.70. The Morgan fingerprint density at radius 2 is 1.92 bits per heavy atom. The van der Waals surface area contributed by atoms with E-state index in [1.54, 1.807) is 23.3 Å². The van der Waals surface area contributed by atoms with Crippen LogP contribution in [-0.4, -0.2) is 54.4 Å². The predicted octanol–water partition coefficient (Wildman–Crippen LogP) is 1.41. The first kappa shape index (κ1) is 18.4. The van der Waals surface area contributed by atoms with E-state index in [0.29, 0.717) is 13.0 Å². The van der Waals surface area contributed by atoms with Gasteiger partial charge in [0.05, 0.1) is 28.3 Å². The standard InChI is InChI=1S/C17H24N4O2S/c1-12(2)19-16(23)11-21(3)10-15(22)18-9-8-17-20-13-6-4-5-7-14(13)24-17/h4-7,12H,8-11H2,1-3H3,(H,18,22)(H,19,23). The van der Waals surface area contributed by atoms with Gasteiger partial charge in [0.15, 0.2) is 0 Å². The smallest absolute Gasteiger partial charge is 0.234 e. The number of fused-ring (bicyclic) bond motifs is 1. The van der Waals surface area contributed by atoms with E-state index in [1.807, 2.05) is 38.1 Å². The molecule has 0 radical (unpaired) electrons. The molecule has 0 aliphatic carbocycles. The molecule has 2 N–H and O–H groups in total. The first-order valence-electron chi connectivity index (χ1n) is 8.03. The van der Waals surface area contributed by atoms with E-state index in [9.17, 15) is 9.59 Å². The van der Waals surface area contributed by atoms with Gasteiger partial charge >= 0.3 is 0 Å². The Bertz CT molecular complexity index is 666. The van der Waals surface area contributed by atoms with E-state index in [4.69, 9.17) is 0 Å². The zero-order valence-corrected chi connectivity index (χ0v) is 15.2. The molecule has 1 aromatic heterocycles. The number of nitrogens with zero attached hydrogens (tertiary/aromatic N) is 2. The van der Waals surface area contributed by atoms with Gasteiger partial charge in [0.25, 0.3) is 0 Å². The quantitative estimate of drug-likeness (QED) is 0.756. The Hall–Kier alpha value is -1.99. The van der Waals surface area contributed by atoms with Crippen molar-refractivity contribution in [2.75, 3.05) is 26.7 Å². The maximum atomic E-state index is 11.9. The highest BCUT2D eigenvalue weighted by Crippen LogP contribution is 2.21. The molecule has 24 heavy (non-hydrogen) atoms. The van der Waals surface area contributed by atoms with Gasteiger partial charge in [-0.05, 0) is 33.0 Å². The van der Waals surface area contributed by atoms with Gasteiger partial charge < -0.3 is 10.6 Å². The minimum absolute atomic E-state index is 0.0743. The number of rotatable bonds is 8. The minimum Gasteiger partial charge on any atom is -0.355 e. The fourth-order valence-corrected chi connectivity index (χ4v) is 3.27. The van der Waals surface area contributed by atoms with Crippen molar-refractivity contribution >= 4 is 33.4 Å². The highest BCUT2D eigenvalue weighted by molar-refractivity contribution is 7.18. The number of benzene rings is 1. The van der Waals surface area contributed by atoms with Crippen LogP contribution in [0.4, 0.5) is 0 Å². The molecular formula is C17H24N4O2S. The van der Waals surface area contributed by atoms with Gasteiger partial charge in [0.2, 0.25) is 11.8 Å². The molecule has 0 saturated carbocycles. The average molecular weight is 348 g/mol. The number of likely N-dealkylation sites (N-methyl/N-ethyl adjacent to an activating group) is 1. The van der Waals surface area contributed by atoms with E-state index in [1.165, 1.54) is 0 Å². The largest absolute Gasteiger partial charge is 0.355 e. The number of aromatic nitrogens is 1. The summed E-state index contributed by atoms with van der Waals surface area (Å²) >= 11 is 1.65. The molecule has 0 aliphatic rings. The van der Waals surface area contributed by atoms with Crippen LogP contribution < -0.4 is 10.6 Å². The SMILES string of the molecule is CC(C)NC(=O)CN(C)CC(=O)NCCc1nc2ccccc2s1. The van der Waals surface area contributed by atoms with Crippen molar-refractivity contribution in [2.24, 2.45) is 0 Å². The number of carbonyl (C=O) groups is 2. The lowest BCUT2D eigenvalue weighted by Gasteiger charge is -2.17. The van der Waals surface area contributed by atoms with Gasteiger partial charge in [-0.1, -0.05) is 12.1 Å². The number of hydrogen-bond acceptors (Lipinski definition) is 5. The summed E-state index contributed by atoms with van der Waals surface area (Å²) in [4.78, 5) is 29.8. The molecule has 0 spiro atoms. The highest BCUT2D eigenvalue weighted by atomic mass is 32.1. The van der Waals surface area contributed by atoms with Crippen molar-refractivity contribution in [1.29, 1.82) is 0 Å². The Morgan fingerprint density at radius 1 is 1.21 bits per heavy atom. The van der Waals surface area contributed by atoms with Crippen LogP contribution >= 0.6 is 11.3 Å². The Kier molecular flexibility index (Phi) is 6.69. The van der Waals surface area contributed by atoms with Gasteiger partial charge in [-0.25, -0.2) is 4.98 Å². The third-order valence-corrected chi connectivity index (χ3v) is 4.37. The van der Waals surface area contributed by atoms with Crippen LogP contribution in [0.5, 0.6) is 0 Å². The van der Waals surface area contributed by atoms with Crippen LogP contribution in [-0.2, 0) is 16.0 Å². The molecule has 6 nitrogen and oxygen atoms in total. The summed E-state index contributed by atoms with van der Waals surface area (Å²) in [6.07, 6.45) is 0.711. The van der Waals surface area contributed by atoms with Crippen molar-refractivity contribution in [3.8, 4) is 0 Å². The second kappa shape index (κ2) is 8.75. The summed E-state index contributed by atoms with van der Waals surface area (Å²) in [5.41, 5.74) is 1.000. The fraction of sp³-hybridized carbons (Fsp3) is 0.471. The maximum Gasteiger partial charge on any atom is 0.234 e. The lowest BCUT2D eigenvalue weighted by atomic mass is 10.3. The maximum absolute atomic E-state index is 11.9.